The lowest BCUT2D eigenvalue weighted by Crippen LogP contribution is -2.11. The van der Waals surface area contributed by atoms with E-state index >= 15 is 0 Å². The standard InChI is InChI=1S/C20H19ClFN5O3S/c1-3-18(28)12-8-9-14(22)17(10-12)25-20-23-11-13(21)19(26-20)24-15-6-4-5-7-16(15)27-31(2,29)30/h4-11,27H,3H2,1-2H3,(H2,23,24,25,26). The Hall–Kier alpha value is -3.24. The maximum Gasteiger partial charge on any atom is 0.229 e. The van der Waals surface area contributed by atoms with Gasteiger partial charge in [0.15, 0.2) is 11.6 Å². The minimum absolute atomic E-state index is 0.0282. The molecule has 8 nitrogen and oxygen atoms in total. The first-order chi connectivity index (χ1) is 14.7. The molecule has 162 valence electrons. The number of Topliss-reactive ketones (excluding diaryl/α,β-unsaturated/α-hetero) is 1. The zero-order valence-corrected chi connectivity index (χ0v) is 18.2. The van der Waals surface area contributed by atoms with Crippen molar-refractivity contribution in [3.05, 3.63) is 65.1 Å². The molecule has 11 heteroatoms. The van der Waals surface area contributed by atoms with Crippen LogP contribution in [0.5, 0.6) is 0 Å². The Labute approximate surface area is 183 Å². The first-order valence-electron chi connectivity index (χ1n) is 9.12. The molecular formula is C20H19ClFN5O3S. The molecule has 0 radical (unpaired) electrons. The van der Waals surface area contributed by atoms with E-state index in [4.69, 9.17) is 11.6 Å². The third-order valence-corrected chi connectivity index (χ3v) is 4.94. The molecule has 0 aliphatic rings. The molecule has 0 atom stereocenters. The van der Waals surface area contributed by atoms with Crippen LogP contribution in [-0.4, -0.2) is 30.4 Å². The van der Waals surface area contributed by atoms with Crippen LogP contribution >= 0.6 is 11.6 Å². The number of carbonyl (C=O) groups excluding carboxylic acids is 1. The van der Waals surface area contributed by atoms with Crippen molar-refractivity contribution in [3.63, 3.8) is 0 Å². The topological polar surface area (TPSA) is 113 Å². The highest BCUT2D eigenvalue weighted by molar-refractivity contribution is 7.92. The van der Waals surface area contributed by atoms with E-state index in [0.717, 1.165) is 6.26 Å². The highest BCUT2D eigenvalue weighted by atomic mass is 35.5. The summed E-state index contributed by atoms with van der Waals surface area (Å²) in [5, 5.41) is 5.85. The fourth-order valence-corrected chi connectivity index (χ4v) is 3.36. The Morgan fingerprint density at radius 1 is 1.10 bits per heavy atom. The molecule has 0 saturated heterocycles. The Morgan fingerprint density at radius 3 is 2.48 bits per heavy atom. The molecule has 0 fully saturated rings. The quantitative estimate of drug-likeness (QED) is 0.414. The van der Waals surface area contributed by atoms with Crippen molar-refractivity contribution in [3.8, 4) is 0 Å². The van der Waals surface area contributed by atoms with Crippen LogP contribution in [0.1, 0.15) is 23.7 Å². The summed E-state index contributed by atoms with van der Waals surface area (Å²) in [4.78, 5) is 20.2. The largest absolute Gasteiger partial charge is 0.337 e. The Bertz CT molecular complexity index is 1240. The molecule has 1 aromatic heterocycles. The number of para-hydroxylation sites is 2. The molecule has 0 bridgehead atoms. The third-order valence-electron chi connectivity index (χ3n) is 4.08. The van der Waals surface area contributed by atoms with Crippen molar-refractivity contribution in [1.29, 1.82) is 0 Å². The molecule has 3 aromatic rings. The number of hydrogen-bond donors (Lipinski definition) is 3. The summed E-state index contributed by atoms with van der Waals surface area (Å²) in [7, 11) is -3.51. The van der Waals surface area contributed by atoms with Crippen molar-refractivity contribution < 1.29 is 17.6 Å². The van der Waals surface area contributed by atoms with Crippen LogP contribution in [0.3, 0.4) is 0 Å². The van der Waals surface area contributed by atoms with Gasteiger partial charge in [-0.2, -0.15) is 4.98 Å². The molecule has 0 unspecified atom stereocenters. The van der Waals surface area contributed by atoms with Gasteiger partial charge >= 0.3 is 0 Å². The Kier molecular flexibility index (Phi) is 6.71. The van der Waals surface area contributed by atoms with Gasteiger partial charge in [0.1, 0.15) is 10.8 Å². The molecule has 31 heavy (non-hydrogen) atoms. The van der Waals surface area contributed by atoms with E-state index in [-0.39, 0.29) is 34.7 Å². The second kappa shape index (κ2) is 9.27. The van der Waals surface area contributed by atoms with Crippen LogP contribution in [0.15, 0.2) is 48.7 Å². The molecule has 2 aromatic carbocycles. The Balaban J connectivity index is 1.90. The van der Waals surface area contributed by atoms with Gasteiger partial charge in [0.2, 0.25) is 16.0 Å². The molecule has 0 spiro atoms. The number of ketones is 1. The summed E-state index contributed by atoms with van der Waals surface area (Å²) >= 11 is 6.18. The van der Waals surface area contributed by atoms with Crippen molar-refractivity contribution in [2.75, 3.05) is 21.6 Å². The molecule has 0 amide bonds. The van der Waals surface area contributed by atoms with Gasteiger partial charge in [0.25, 0.3) is 0 Å². The number of benzene rings is 2. The first-order valence-corrected chi connectivity index (χ1v) is 11.4. The number of hydrogen-bond acceptors (Lipinski definition) is 7. The number of nitrogens with zero attached hydrogens (tertiary/aromatic N) is 2. The van der Waals surface area contributed by atoms with E-state index in [1.54, 1.807) is 31.2 Å². The van der Waals surface area contributed by atoms with Gasteiger partial charge in [0.05, 0.1) is 29.5 Å². The summed E-state index contributed by atoms with van der Waals surface area (Å²) in [6, 6.07) is 10.6. The maximum atomic E-state index is 14.2. The van der Waals surface area contributed by atoms with Crippen LogP contribution in [0.2, 0.25) is 5.02 Å². The van der Waals surface area contributed by atoms with Gasteiger partial charge in [-0.05, 0) is 30.3 Å². The van der Waals surface area contributed by atoms with E-state index in [1.165, 1.54) is 24.4 Å². The normalized spacial score (nSPS) is 11.1. The van der Waals surface area contributed by atoms with Gasteiger partial charge in [0, 0.05) is 12.0 Å². The number of rotatable bonds is 8. The fraction of sp³-hybridized carbons (Fsp3) is 0.150. The minimum atomic E-state index is -3.51. The lowest BCUT2D eigenvalue weighted by Gasteiger charge is -2.14. The number of nitrogens with one attached hydrogen (secondary N) is 3. The average molecular weight is 464 g/mol. The third kappa shape index (κ3) is 5.89. The lowest BCUT2D eigenvalue weighted by molar-refractivity contribution is 0.0988. The smallest absolute Gasteiger partial charge is 0.229 e. The zero-order chi connectivity index (χ0) is 22.6. The molecule has 0 aliphatic heterocycles. The van der Waals surface area contributed by atoms with Crippen molar-refractivity contribution in [2.24, 2.45) is 0 Å². The van der Waals surface area contributed by atoms with E-state index in [2.05, 4.69) is 25.3 Å². The van der Waals surface area contributed by atoms with Gasteiger partial charge in [-0.3, -0.25) is 9.52 Å². The van der Waals surface area contributed by atoms with Crippen LogP contribution in [0, 0.1) is 5.82 Å². The highest BCUT2D eigenvalue weighted by Crippen LogP contribution is 2.30. The van der Waals surface area contributed by atoms with E-state index in [1.807, 2.05) is 0 Å². The van der Waals surface area contributed by atoms with Crippen LogP contribution in [-0.2, 0) is 10.0 Å². The van der Waals surface area contributed by atoms with E-state index in [0.29, 0.717) is 16.9 Å². The van der Waals surface area contributed by atoms with E-state index in [9.17, 15) is 17.6 Å². The predicted octanol–water partition coefficient (Wildman–Crippen LogP) is 4.72. The zero-order valence-electron chi connectivity index (χ0n) is 16.6. The van der Waals surface area contributed by atoms with Crippen LogP contribution < -0.4 is 15.4 Å². The summed E-state index contributed by atoms with van der Waals surface area (Å²) < 4.78 is 39.8. The van der Waals surface area contributed by atoms with Crippen LogP contribution in [0.25, 0.3) is 0 Å². The number of sulfonamides is 1. The summed E-state index contributed by atoms with van der Waals surface area (Å²) in [6.07, 6.45) is 2.64. The first kappa shape index (κ1) is 22.4. The highest BCUT2D eigenvalue weighted by Gasteiger charge is 2.13. The SMILES string of the molecule is CCC(=O)c1ccc(F)c(Nc2ncc(Cl)c(Nc3ccccc3NS(C)(=O)=O)n2)c1. The predicted molar refractivity (Wildman–Crippen MR) is 120 cm³/mol. The summed E-state index contributed by atoms with van der Waals surface area (Å²) in [5.41, 5.74) is 1.10. The van der Waals surface area contributed by atoms with Crippen molar-refractivity contribution in [1.82, 2.24) is 9.97 Å². The second-order valence-electron chi connectivity index (χ2n) is 6.53. The molecular weight excluding hydrogens is 445 g/mol. The molecule has 0 saturated carbocycles. The fourth-order valence-electron chi connectivity index (χ4n) is 2.64. The van der Waals surface area contributed by atoms with Gasteiger partial charge < -0.3 is 10.6 Å². The van der Waals surface area contributed by atoms with Crippen molar-refractivity contribution >= 4 is 56.2 Å². The molecule has 0 aliphatic carbocycles. The van der Waals surface area contributed by atoms with Crippen molar-refractivity contribution in [2.45, 2.75) is 13.3 Å². The summed E-state index contributed by atoms with van der Waals surface area (Å²) in [5.74, 6) is -0.510. The summed E-state index contributed by atoms with van der Waals surface area (Å²) in [6.45, 7) is 1.72. The average Bonchev–Trinajstić information content (AvgIpc) is 2.72. The number of anilines is 5. The molecule has 3 N–H and O–H groups in total. The monoisotopic (exact) mass is 463 g/mol. The van der Waals surface area contributed by atoms with Gasteiger partial charge in [-0.25, -0.2) is 17.8 Å². The van der Waals surface area contributed by atoms with Gasteiger partial charge in [-0.15, -0.1) is 0 Å². The van der Waals surface area contributed by atoms with Crippen LogP contribution in [0.4, 0.5) is 33.2 Å². The Morgan fingerprint density at radius 2 is 1.81 bits per heavy atom. The lowest BCUT2D eigenvalue weighted by atomic mass is 10.1. The van der Waals surface area contributed by atoms with E-state index < -0.39 is 15.8 Å². The van der Waals surface area contributed by atoms with Gasteiger partial charge in [-0.1, -0.05) is 30.7 Å². The minimum Gasteiger partial charge on any atom is -0.337 e. The number of carbonyl (C=O) groups is 1. The number of halogens is 2. The number of aromatic nitrogens is 2. The second-order valence-corrected chi connectivity index (χ2v) is 8.69. The molecule has 1 heterocycles. The molecule has 3 rings (SSSR count). The maximum absolute atomic E-state index is 14.2.